The predicted octanol–water partition coefficient (Wildman–Crippen LogP) is 1.49. The Morgan fingerprint density at radius 2 is 2.16 bits per heavy atom. The first-order chi connectivity index (χ1) is 11.9. The monoisotopic (exact) mass is 410 g/mol. The second-order valence-corrected chi connectivity index (χ2v) is 6.44. The number of benzene rings is 1. The predicted molar refractivity (Wildman–Crippen MR) is 96.7 cm³/mol. The van der Waals surface area contributed by atoms with Crippen LogP contribution in [0.25, 0.3) is 11.0 Å². The van der Waals surface area contributed by atoms with Crippen molar-refractivity contribution in [1.29, 1.82) is 0 Å². The van der Waals surface area contributed by atoms with E-state index >= 15 is 0 Å². The minimum atomic E-state index is -0.583. The number of aromatic hydroxyl groups is 1. The number of fused-ring (bicyclic) bond motifs is 1. The molecule has 0 fully saturated rings. The van der Waals surface area contributed by atoms with Crippen LogP contribution in [0.1, 0.15) is 18.4 Å². The quantitative estimate of drug-likeness (QED) is 0.345. The lowest BCUT2D eigenvalue weighted by atomic mass is 10.1. The SMILES string of the molecule is CNC(C=O)CCCNC(=O)Cc1cc(=O)oc2cc(O)c(Br)cc12. The maximum absolute atomic E-state index is 12.1. The second kappa shape index (κ2) is 8.77. The minimum Gasteiger partial charge on any atom is -0.507 e. The first-order valence-corrected chi connectivity index (χ1v) is 8.58. The lowest BCUT2D eigenvalue weighted by Gasteiger charge is -2.10. The van der Waals surface area contributed by atoms with Crippen molar-refractivity contribution < 1.29 is 19.1 Å². The van der Waals surface area contributed by atoms with E-state index in [-0.39, 0.29) is 29.7 Å². The Balaban J connectivity index is 2.04. The van der Waals surface area contributed by atoms with E-state index in [4.69, 9.17) is 4.42 Å². The van der Waals surface area contributed by atoms with E-state index < -0.39 is 5.63 Å². The number of phenols is 1. The molecule has 0 aliphatic carbocycles. The van der Waals surface area contributed by atoms with Crippen LogP contribution in [-0.2, 0) is 16.0 Å². The maximum Gasteiger partial charge on any atom is 0.336 e. The van der Waals surface area contributed by atoms with Gasteiger partial charge < -0.3 is 25.0 Å². The highest BCUT2D eigenvalue weighted by molar-refractivity contribution is 9.10. The Bertz CT molecular complexity index is 834. The molecule has 0 radical (unpaired) electrons. The number of carbonyl (C=O) groups is 2. The minimum absolute atomic E-state index is 0.0163. The van der Waals surface area contributed by atoms with Crippen molar-refractivity contribution in [3.8, 4) is 5.75 Å². The molecule has 3 N–H and O–H groups in total. The third-order valence-electron chi connectivity index (χ3n) is 3.80. The van der Waals surface area contributed by atoms with E-state index in [1.165, 1.54) is 12.1 Å². The average Bonchev–Trinajstić information content (AvgIpc) is 2.57. The summed E-state index contributed by atoms with van der Waals surface area (Å²) in [5.41, 5.74) is 0.157. The van der Waals surface area contributed by atoms with Crippen LogP contribution < -0.4 is 16.3 Å². The Morgan fingerprint density at radius 1 is 1.40 bits per heavy atom. The molecule has 2 rings (SSSR count). The lowest BCUT2D eigenvalue weighted by molar-refractivity contribution is -0.120. The molecule has 1 amide bonds. The zero-order valence-corrected chi connectivity index (χ0v) is 15.3. The molecule has 0 saturated carbocycles. The molecule has 8 heteroatoms. The number of rotatable bonds is 8. The number of nitrogens with one attached hydrogen (secondary N) is 2. The van der Waals surface area contributed by atoms with E-state index in [2.05, 4.69) is 26.6 Å². The van der Waals surface area contributed by atoms with Gasteiger partial charge in [0.15, 0.2) is 0 Å². The van der Waals surface area contributed by atoms with Crippen LogP contribution in [0.3, 0.4) is 0 Å². The number of amides is 1. The molecule has 0 aliphatic rings. The summed E-state index contributed by atoms with van der Waals surface area (Å²) in [5.74, 6) is -0.283. The van der Waals surface area contributed by atoms with Gasteiger partial charge in [0.05, 0.1) is 16.9 Å². The zero-order valence-electron chi connectivity index (χ0n) is 13.7. The van der Waals surface area contributed by atoms with Gasteiger partial charge in [-0.15, -0.1) is 0 Å². The molecule has 1 atom stereocenters. The molecule has 7 nitrogen and oxygen atoms in total. The molecule has 1 unspecified atom stereocenters. The topological polar surface area (TPSA) is 109 Å². The van der Waals surface area contributed by atoms with Crippen molar-refractivity contribution in [2.24, 2.45) is 0 Å². The van der Waals surface area contributed by atoms with Gasteiger partial charge in [-0.2, -0.15) is 0 Å². The number of likely N-dealkylation sites (N-methyl/N-ethyl adjacent to an activating group) is 1. The number of halogens is 1. The number of hydrogen-bond donors (Lipinski definition) is 3. The van der Waals surface area contributed by atoms with Gasteiger partial charge in [-0.3, -0.25) is 4.79 Å². The van der Waals surface area contributed by atoms with Crippen molar-refractivity contribution in [2.45, 2.75) is 25.3 Å². The van der Waals surface area contributed by atoms with Crippen molar-refractivity contribution in [2.75, 3.05) is 13.6 Å². The smallest absolute Gasteiger partial charge is 0.336 e. The molecule has 1 heterocycles. The number of phenolic OH excluding ortho intramolecular Hbond substituents is 1. The van der Waals surface area contributed by atoms with Gasteiger partial charge in [0.25, 0.3) is 0 Å². The molecular weight excluding hydrogens is 392 g/mol. The van der Waals surface area contributed by atoms with Crippen LogP contribution in [0.4, 0.5) is 0 Å². The fraction of sp³-hybridized carbons (Fsp3) is 0.353. The molecule has 0 saturated heterocycles. The van der Waals surface area contributed by atoms with Crippen molar-refractivity contribution >= 4 is 39.1 Å². The van der Waals surface area contributed by atoms with Crippen LogP contribution in [0.2, 0.25) is 0 Å². The van der Waals surface area contributed by atoms with Gasteiger partial charge in [-0.05, 0) is 47.4 Å². The molecule has 0 spiro atoms. The molecule has 0 aliphatic heterocycles. The third-order valence-corrected chi connectivity index (χ3v) is 4.43. The normalized spacial score (nSPS) is 12.1. The third kappa shape index (κ3) is 5.14. The van der Waals surface area contributed by atoms with Gasteiger partial charge in [-0.1, -0.05) is 0 Å². The highest BCUT2D eigenvalue weighted by Crippen LogP contribution is 2.30. The summed E-state index contributed by atoms with van der Waals surface area (Å²) < 4.78 is 5.51. The van der Waals surface area contributed by atoms with Crippen LogP contribution >= 0.6 is 15.9 Å². The largest absolute Gasteiger partial charge is 0.507 e. The lowest BCUT2D eigenvalue weighted by Crippen LogP contribution is -2.30. The zero-order chi connectivity index (χ0) is 18.4. The van der Waals surface area contributed by atoms with Crippen LogP contribution in [0, 0.1) is 0 Å². The van der Waals surface area contributed by atoms with Crippen molar-refractivity contribution in [3.63, 3.8) is 0 Å². The Kier molecular flexibility index (Phi) is 6.72. The number of hydrogen-bond acceptors (Lipinski definition) is 6. The maximum atomic E-state index is 12.1. The van der Waals surface area contributed by atoms with Gasteiger partial charge in [0.2, 0.25) is 5.91 Å². The first kappa shape index (κ1) is 19.1. The first-order valence-electron chi connectivity index (χ1n) is 7.79. The fourth-order valence-corrected chi connectivity index (χ4v) is 2.79. The van der Waals surface area contributed by atoms with Crippen molar-refractivity contribution in [1.82, 2.24) is 10.6 Å². The molecule has 1 aromatic carbocycles. The second-order valence-electron chi connectivity index (χ2n) is 5.59. The summed E-state index contributed by atoms with van der Waals surface area (Å²) in [7, 11) is 1.71. The number of aldehydes is 1. The van der Waals surface area contributed by atoms with E-state index in [9.17, 15) is 19.5 Å². The summed E-state index contributed by atoms with van der Waals surface area (Å²) in [6, 6.07) is 4.00. The van der Waals surface area contributed by atoms with E-state index in [1.807, 2.05) is 0 Å². The van der Waals surface area contributed by atoms with Gasteiger partial charge in [-0.25, -0.2) is 4.79 Å². The molecule has 2 aromatic rings. The van der Waals surface area contributed by atoms with Crippen molar-refractivity contribution in [3.05, 3.63) is 38.7 Å². The summed E-state index contributed by atoms with van der Waals surface area (Å²) in [4.78, 5) is 34.5. The van der Waals surface area contributed by atoms with Crippen LogP contribution in [0.15, 0.2) is 31.9 Å². The Morgan fingerprint density at radius 3 is 2.84 bits per heavy atom. The van der Waals surface area contributed by atoms with E-state index in [1.54, 1.807) is 13.1 Å². The summed E-state index contributed by atoms with van der Waals surface area (Å²) in [6.45, 7) is 0.439. The molecular formula is C17H19BrN2O5. The van der Waals surface area contributed by atoms with Crippen LogP contribution in [0.5, 0.6) is 5.75 Å². The standard InChI is InChI=1S/C17H19BrN2O5/c1-19-11(9-21)3-2-4-20-16(23)5-10-6-17(24)25-15-8-14(22)13(18)7-12(10)15/h6-9,11,19,22H,2-5H2,1H3,(H,20,23). The summed E-state index contributed by atoms with van der Waals surface area (Å²) >= 11 is 3.21. The van der Waals surface area contributed by atoms with Gasteiger partial charge in [0, 0.05) is 24.1 Å². The van der Waals surface area contributed by atoms with Crippen LogP contribution in [-0.4, -0.2) is 36.9 Å². The highest BCUT2D eigenvalue weighted by atomic mass is 79.9. The average molecular weight is 411 g/mol. The molecule has 0 bridgehead atoms. The molecule has 134 valence electrons. The molecule has 25 heavy (non-hydrogen) atoms. The summed E-state index contributed by atoms with van der Waals surface area (Å²) in [5, 5.41) is 15.9. The Hall–Kier alpha value is -2.19. The van der Waals surface area contributed by atoms with E-state index in [0.29, 0.717) is 34.8 Å². The summed E-state index contributed by atoms with van der Waals surface area (Å²) in [6.07, 6.45) is 2.14. The fourth-order valence-electron chi connectivity index (χ4n) is 2.45. The van der Waals surface area contributed by atoms with Gasteiger partial charge >= 0.3 is 5.63 Å². The Labute approximate surface area is 152 Å². The number of carbonyl (C=O) groups excluding carboxylic acids is 2. The van der Waals surface area contributed by atoms with Gasteiger partial charge in [0.1, 0.15) is 17.6 Å². The molecule has 1 aromatic heterocycles. The van der Waals surface area contributed by atoms with E-state index in [0.717, 1.165) is 6.29 Å². The highest BCUT2D eigenvalue weighted by Gasteiger charge is 2.12.